The van der Waals surface area contributed by atoms with Gasteiger partial charge in [-0.15, -0.1) is 0 Å². The first-order valence-corrected chi connectivity index (χ1v) is 5.69. The number of amides is 1. The lowest BCUT2D eigenvalue weighted by atomic mass is 10.1. The van der Waals surface area contributed by atoms with Crippen molar-refractivity contribution in [2.45, 2.75) is 18.9 Å². The van der Waals surface area contributed by atoms with Crippen LogP contribution in [-0.2, 0) is 6.42 Å². The third-order valence-electron chi connectivity index (χ3n) is 3.17. The van der Waals surface area contributed by atoms with E-state index in [2.05, 4.69) is 20.7 Å². The van der Waals surface area contributed by atoms with Gasteiger partial charge >= 0.3 is 0 Å². The summed E-state index contributed by atoms with van der Waals surface area (Å²) in [6.07, 6.45) is 2.71. The average molecular weight is 246 g/mol. The van der Waals surface area contributed by atoms with Crippen molar-refractivity contribution in [1.29, 1.82) is 0 Å². The molecule has 0 bridgehead atoms. The Kier molecular flexibility index (Phi) is 2.55. The molecule has 1 heterocycles. The van der Waals surface area contributed by atoms with Gasteiger partial charge in [0, 0.05) is 0 Å². The molecule has 1 aliphatic rings. The predicted molar refractivity (Wildman–Crippen MR) is 61.3 cm³/mol. The summed E-state index contributed by atoms with van der Waals surface area (Å²) < 4.78 is 13.5. The zero-order chi connectivity index (χ0) is 12.5. The minimum absolute atomic E-state index is 0.153. The van der Waals surface area contributed by atoms with Crippen LogP contribution < -0.4 is 5.32 Å². The fourth-order valence-corrected chi connectivity index (χ4v) is 2.30. The van der Waals surface area contributed by atoms with E-state index in [0.717, 1.165) is 5.56 Å². The molecule has 0 fully saturated rings. The Morgan fingerprint density at radius 2 is 2.39 bits per heavy atom. The third-order valence-corrected chi connectivity index (χ3v) is 3.17. The number of nitrogens with zero attached hydrogens (tertiary/aromatic N) is 2. The highest BCUT2D eigenvalue weighted by atomic mass is 19.1. The summed E-state index contributed by atoms with van der Waals surface area (Å²) >= 11 is 0. The summed E-state index contributed by atoms with van der Waals surface area (Å²) in [5.74, 6) is -0.503. The molecule has 0 spiro atoms. The molecule has 1 atom stereocenters. The molecule has 1 aromatic carbocycles. The van der Waals surface area contributed by atoms with Crippen molar-refractivity contribution < 1.29 is 9.18 Å². The number of benzene rings is 1. The molecule has 1 aliphatic carbocycles. The van der Waals surface area contributed by atoms with E-state index >= 15 is 0 Å². The lowest BCUT2D eigenvalue weighted by molar-refractivity contribution is 0.0931. The van der Waals surface area contributed by atoms with Gasteiger partial charge < -0.3 is 5.32 Å². The first-order chi connectivity index (χ1) is 8.75. The Morgan fingerprint density at radius 1 is 1.50 bits per heavy atom. The minimum atomic E-state index is -0.300. The van der Waals surface area contributed by atoms with Gasteiger partial charge in [0.1, 0.15) is 5.82 Å². The van der Waals surface area contributed by atoms with E-state index in [1.54, 1.807) is 6.07 Å². The average Bonchev–Trinajstić information content (AvgIpc) is 2.99. The molecule has 2 aromatic rings. The quantitative estimate of drug-likeness (QED) is 0.840. The molecule has 3 rings (SSSR count). The first-order valence-electron chi connectivity index (χ1n) is 5.69. The van der Waals surface area contributed by atoms with Gasteiger partial charge in [-0.05, 0) is 30.0 Å². The largest absolute Gasteiger partial charge is 0.344 e. The van der Waals surface area contributed by atoms with E-state index in [1.807, 2.05) is 6.07 Å². The van der Waals surface area contributed by atoms with E-state index in [0.29, 0.717) is 18.4 Å². The summed E-state index contributed by atoms with van der Waals surface area (Å²) in [5.41, 5.74) is 1.79. The Labute approximate surface area is 102 Å². The van der Waals surface area contributed by atoms with Crippen LogP contribution in [0.3, 0.4) is 0 Å². The molecule has 18 heavy (non-hydrogen) atoms. The zero-order valence-corrected chi connectivity index (χ0v) is 9.48. The van der Waals surface area contributed by atoms with Crippen LogP contribution in [0.2, 0.25) is 0 Å². The molecule has 6 heteroatoms. The molecule has 0 saturated heterocycles. The molecular formula is C12H11FN4O. The Bertz CT molecular complexity index is 582. The van der Waals surface area contributed by atoms with Crippen molar-refractivity contribution in [3.63, 3.8) is 0 Å². The summed E-state index contributed by atoms with van der Waals surface area (Å²) in [4.78, 5) is 11.8. The number of hydrogen-bond acceptors (Lipinski definition) is 3. The van der Waals surface area contributed by atoms with Crippen molar-refractivity contribution in [3.05, 3.63) is 47.0 Å². The number of halogens is 1. The fourth-order valence-electron chi connectivity index (χ4n) is 2.30. The van der Waals surface area contributed by atoms with E-state index in [4.69, 9.17) is 0 Å². The van der Waals surface area contributed by atoms with Crippen LogP contribution in [0.5, 0.6) is 0 Å². The van der Waals surface area contributed by atoms with Gasteiger partial charge in [-0.2, -0.15) is 15.4 Å². The number of hydrogen-bond donors (Lipinski definition) is 2. The SMILES string of the molecule is O=C(N[C@H]1CCc2c(F)cccc21)c1cn[nH]n1. The molecule has 0 saturated carbocycles. The Morgan fingerprint density at radius 3 is 3.17 bits per heavy atom. The fraction of sp³-hybridized carbons (Fsp3) is 0.250. The van der Waals surface area contributed by atoms with Crippen LogP contribution in [0.1, 0.15) is 34.1 Å². The topological polar surface area (TPSA) is 70.7 Å². The summed E-state index contributed by atoms with van der Waals surface area (Å²) in [5, 5.41) is 12.5. The second-order valence-corrected chi connectivity index (χ2v) is 4.23. The molecule has 2 N–H and O–H groups in total. The van der Waals surface area contributed by atoms with Crippen LogP contribution >= 0.6 is 0 Å². The number of nitrogens with one attached hydrogen (secondary N) is 2. The maximum atomic E-state index is 13.5. The van der Waals surface area contributed by atoms with Crippen LogP contribution in [-0.4, -0.2) is 21.3 Å². The maximum absolute atomic E-state index is 13.5. The number of rotatable bonds is 2. The van der Waals surface area contributed by atoms with Gasteiger partial charge in [-0.1, -0.05) is 12.1 Å². The van der Waals surface area contributed by atoms with Gasteiger partial charge in [-0.3, -0.25) is 4.79 Å². The molecule has 92 valence electrons. The van der Waals surface area contributed by atoms with Gasteiger partial charge in [0.05, 0.1) is 12.2 Å². The number of fused-ring (bicyclic) bond motifs is 1. The van der Waals surface area contributed by atoms with Gasteiger partial charge in [0.15, 0.2) is 5.69 Å². The second kappa shape index (κ2) is 4.21. The monoisotopic (exact) mass is 246 g/mol. The highest BCUT2D eigenvalue weighted by molar-refractivity contribution is 5.92. The normalized spacial score (nSPS) is 17.5. The van der Waals surface area contributed by atoms with Crippen molar-refractivity contribution in [1.82, 2.24) is 20.7 Å². The van der Waals surface area contributed by atoms with Crippen molar-refractivity contribution in [2.24, 2.45) is 0 Å². The van der Waals surface area contributed by atoms with Crippen LogP contribution in [0.4, 0.5) is 4.39 Å². The van der Waals surface area contributed by atoms with Crippen molar-refractivity contribution in [2.75, 3.05) is 0 Å². The summed E-state index contributed by atoms with van der Waals surface area (Å²) in [7, 11) is 0. The van der Waals surface area contributed by atoms with Crippen LogP contribution in [0.25, 0.3) is 0 Å². The van der Waals surface area contributed by atoms with Crippen molar-refractivity contribution in [3.8, 4) is 0 Å². The zero-order valence-electron chi connectivity index (χ0n) is 9.48. The number of H-pyrrole nitrogens is 1. The van der Waals surface area contributed by atoms with E-state index in [-0.39, 0.29) is 23.5 Å². The molecule has 5 nitrogen and oxygen atoms in total. The Balaban J connectivity index is 1.81. The number of carbonyl (C=O) groups is 1. The molecule has 0 radical (unpaired) electrons. The number of aromatic amines is 1. The predicted octanol–water partition coefficient (Wildman–Crippen LogP) is 1.36. The highest BCUT2D eigenvalue weighted by Crippen LogP contribution is 2.32. The van der Waals surface area contributed by atoms with Gasteiger partial charge in [-0.25, -0.2) is 4.39 Å². The smallest absolute Gasteiger partial charge is 0.273 e. The first kappa shape index (κ1) is 10.9. The second-order valence-electron chi connectivity index (χ2n) is 4.23. The Hall–Kier alpha value is -2.24. The molecular weight excluding hydrogens is 235 g/mol. The van der Waals surface area contributed by atoms with Crippen LogP contribution in [0, 0.1) is 5.82 Å². The maximum Gasteiger partial charge on any atom is 0.273 e. The van der Waals surface area contributed by atoms with E-state index < -0.39 is 0 Å². The lowest BCUT2D eigenvalue weighted by Gasteiger charge is -2.12. The molecule has 0 aliphatic heterocycles. The third kappa shape index (κ3) is 1.75. The number of carbonyl (C=O) groups excluding carboxylic acids is 1. The van der Waals surface area contributed by atoms with E-state index in [1.165, 1.54) is 12.3 Å². The van der Waals surface area contributed by atoms with Crippen molar-refractivity contribution >= 4 is 5.91 Å². The summed E-state index contributed by atoms with van der Waals surface area (Å²) in [6.45, 7) is 0. The van der Waals surface area contributed by atoms with Gasteiger partial charge in [0.25, 0.3) is 5.91 Å². The number of aromatic nitrogens is 3. The standard InChI is InChI=1S/C12H11FN4O/c13-9-3-1-2-8-7(9)4-5-10(8)15-12(18)11-6-14-17-16-11/h1-3,6,10H,4-5H2,(H,15,18)(H,14,16,17)/t10-/m0/s1. The van der Waals surface area contributed by atoms with Crippen LogP contribution in [0.15, 0.2) is 24.4 Å². The summed E-state index contributed by atoms with van der Waals surface area (Å²) in [6, 6.07) is 4.80. The minimum Gasteiger partial charge on any atom is -0.344 e. The van der Waals surface area contributed by atoms with Gasteiger partial charge in [0.2, 0.25) is 0 Å². The highest BCUT2D eigenvalue weighted by Gasteiger charge is 2.26. The molecule has 1 aromatic heterocycles. The molecule has 1 amide bonds. The molecule has 0 unspecified atom stereocenters. The lowest BCUT2D eigenvalue weighted by Crippen LogP contribution is -2.27. The van der Waals surface area contributed by atoms with E-state index in [9.17, 15) is 9.18 Å².